The lowest BCUT2D eigenvalue weighted by Gasteiger charge is -2.30. The minimum atomic E-state index is -0.142. The molecule has 0 aliphatic carbocycles. The number of benzene rings is 2. The van der Waals surface area contributed by atoms with E-state index < -0.39 is 0 Å². The molecule has 7 heteroatoms. The number of hydrogen-bond donors (Lipinski definition) is 1. The number of anilines is 2. The summed E-state index contributed by atoms with van der Waals surface area (Å²) >= 11 is 0. The molecular formula is C32H44N4O3. The van der Waals surface area contributed by atoms with Gasteiger partial charge in [-0.3, -0.25) is 19.3 Å². The molecule has 0 bridgehead atoms. The van der Waals surface area contributed by atoms with Crippen LogP contribution in [0.25, 0.3) is 0 Å². The Morgan fingerprint density at radius 2 is 1.69 bits per heavy atom. The summed E-state index contributed by atoms with van der Waals surface area (Å²) in [6.45, 7) is 10.6. The van der Waals surface area contributed by atoms with E-state index in [9.17, 15) is 14.4 Å². The van der Waals surface area contributed by atoms with Gasteiger partial charge in [0.25, 0.3) is 5.91 Å². The SMILES string of the molecule is CC(=O)N1CCCCCCCN(CC(C)C)Cc2cc(C(=O)NCc3cccc(N4CCCC4=O)c3)ccc21. The summed E-state index contributed by atoms with van der Waals surface area (Å²) < 4.78 is 0. The highest BCUT2D eigenvalue weighted by Gasteiger charge is 2.22. The van der Waals surface area contributed by atoms with E-state index in [-0.39, 0.29) is 17.7 Å². The van der Waals surface area contributed by atoms with Gasteiger partial charge in [0.2, 0.25) is 11.8 Å². The molecule has 0 aromatic heterocycles. The van der Waals surface area contributed by atoms with Gasteiger partial charge in [-0.1, -0.05) is 45.2 Å². The quantitative estimate of drug-likeness (QED) is 0.532. The fourth-order valence-electron chi connectivity index (χ4n) is 5.73. The van der Waals surface area contributed by atoms with Crippen LogP contribution < -0.4 is 15.1 Å². The summed E-state index contributed by atoms with van der Waals surface area (Å²) in [5.41, 5.74) is 4.38. The van der Waals surface area contributed by atoms with Crippen molar-refractivity contribution in [3.05, 3.63) is 59.2 Å². The number of nitrogens with one attached hydrogen (secondary N) is 1. The molecule has 0 spiro atoms. The first kappa shape index (κ1) is 28.8. The average molecular weight is 533 g/mol. The van der Waals surface area contributed by atoms with Gasteiger partial charge < -0.3 is 15.1 Å². The minimum absolute atomic E-state index is 0.0392. The molecule has 4 rings (SSSR count). The summed E-state index contributed by atoms with van der Waals surface area (Å²) in [5.74, 6) is 0.581. The van der Waals surface area contributed by atoms with E-state index in [4.69, 9.17) is 0 Å². The molecule has 2 aromatic rings. The Balaban J connectivity index is 1.54. The van der Waals surface area contributed by atoms with Crippen LogP contribution in [0, 0.1) is 5.92 Å². The van der Waals surface area contributed by atoms with Crippen LogP contribution >= 0.6 is 0 Å². The Morgan fingerprint density at radius 3 is 2.41 bits per heavy atom. The fraction of sp³-hybridized carbons (Fsp3) is 0.531. The van der Waals surface area contributed by atoms with Gasteiger partial charge in [0.15, 0.2) is 0 Å². The molecule has 0 atom stereocenters. The van der Waals surface area contributed by atoms with Crippen LogP contribution in [-0.2, 0) is 22.7 Å². The summed E-state index contributed by atoms with van der Waals surface area (Å²) in [6, 6.07) is 13.6. The smallest absolute Gasteiger partial charge is 0.251 e. The van der Waals surface area contributed by atoms with Crippen LogP contribution in [0.15, 0.2) is 42.5 Å². The topological polar surface area (TPSA) is 73.0 Å². The van der Waals surface area contributed by atoms with E-state index in [0.717, 1.165) is 61.4 Å². The Bertz CT molecular complexity index is 1160. The minimum Gasteiger partial charge on any atom is -0.348 e. The normalized spacial score (nSPS) is 17.5. The molecule has 2 aliphatic rings. The molecule has 1 saturated heterocycles. The lowest BCUT2D eigenvalue weighted by atomic mass is 10.0. The van der Waals surface area contributed by atoms with Gasteiger partial charge >= 0.3 is 0 Å². The van der Waals surface area contributed by atoms with Crippen LogP contribution in [0.3, 0.4) is 0 Å². The maximum Gasteiger partial charge on any atom is 0.251 e. The van der Waals surface area contributed by atoms with Crippen LogP contribution in [-0.4, -0.2) is 48.8 Å². The number of carbonyl (C=O) groups is 3. The second kappa shape index (κ2) is 13.7. The number of carbonyl (C=O) groups excluding carboxylic acids is 3. The monoisotopic (exact) mass is 532 g/mol. The molecule has 7 nitrogen and oxygen atoms in total. The molecule has 1 fully saturated rings. The maximum absolute atomic E-state index is 13.3. The zero-order chi connectivity index (χ0) is 27.8. The lowest BCUT2D eigenvalue weighted by molar-refractivity contribution is -0.117. The zero-order valence-electron chi connectivity index (χ0n) is 23.9. The van der Waals surface area contributed by atoms with Crippen molar-refractivity contribution in [3.63, 3.8) is 0 Å². The summed E-state index contributed by atoms with van der Waals surface area (Å²) in [4.78, 5) is 44.3. The highest BCUT2D eigenvalue weighted by Crippen LogP contribution is 2.27. The van der Waals surface area contributed by atoms with Crippen LogP contribution in [0.4, 0.5) is 11.4 Å². The summed E-state index contributed by atoms with van der Waals surface area (Å²) in [6.07, 6.45) is 7.15. The molecule has 0 radical (unpaired) electrons. The predicted octanol–water partition coefficient (Wildman–Crippen LogP) is 5.52. The van der Waals surface area contributed by atoms with Gasteiger partial charge in [0.1, 0.15) is 0 Å². The van der Waals surface area contributed by atoms with Gasteiger partial charge in [-0.25, -0.2) is 0 Å². The number of fused-ring (bicyclic) bond motifs is 1. The molecule has 210 valence electrons. The van der Waals surface area contributed by atoms with Crippen molar-refractivity contribution < 1.29 is 14.4 Å². The van der Waals surface area contributed by atoms with Crippen molar-refractivity contribution in [2.24, 2.45) is 5.92 Å². The fourth-order valence-corrected chi connectivity index (χ4v) is 5.73. The summed E-state index contributed by atoms with van der Waals surface area (Å²) in [5, 5.41) is 3.06. The predicted molar refractivity (Wildman–Crippen MR) is 157 cm³/mol. The van der Waals surface area contributed by atoms with Crippen molar-refractivity contribution >= 4 is 29.1 Å². The maximum atomic E-state index is 13.3. The number of rotatable bonds is 6. The molecular weight excluding hydrogens is 488 g/mol. The Morgan fingerprint density at radius 1 is 0.923 bits per heavy atom. The molecule has 2 heterocycles. The Hall–Kier alpha value is -3.19. The summed E-state index contributed by atoms with van der Waals surface area (Å²) in [7, 11) is 0. The highest BCUT2D eigenvalue weighted by molar-refractivity contribution is 5.97. The van der Waals surface area contributed by atoms with E-state index in [2.05, 4.69) is 24.1 Å². The number of hydrogen-bond acceptors (Lipinski definition) is 4. The Kier molecular flexibility index (Phi) is 10.2. The van der Waals surface area contributed by atoms with E-state index in [1.165, 1.54) is 19.3 Å². The van der Waals surface area contributed by atoms with Crippen LogP contribution in [0.5, 0.6) is 0 Å². The van der Waals surface area contributed by atoms with E-state index >= 15 is 0 Å². The third-order valence-corrected chi connectivity index (χ3v) is 7.63. The lowest BCUT2D eigenvalue weighted by Crippen LogP contribution is -2.34. The first-order valence-electron chi connectivity index (χ1n) is 14.6. The standard InChI is InChI=1S/C32H44N4O3/c1-24(2)22-34-16-7-5-4-6-8-17-35(25(3)37)30-15-14-27(20-28(30)23-34)32(39)33-21-26-11-9-12-29(19-26)36-18-10-13-31(36)38/h9,11-12,14-15,19-20,24H,4-8,10,13,16-18,21-23H2,1-3H3,(H,33,39). The van der Waals surface area contributed by atoms with Crippen molar-refractivity contribution in [2.75, 3.05) is 36.0 Å². The van der Waals surface area contributed by atoms with E-state index in [0.29, 0.717) is 37.5 Å². The third-order valence-electron chi connectivity index (χ3n) is 7.63. The molecule has 1 N–H and O–H groups in total. The molecule has 0 saturated carbocycles. The molecule has 3 amide bonds. The highest BCUT2D eigenvalue weighted by atomic mass is 16.2. The van der Waals surface area contributed by atoms with Crippen molar-refractivity contribution in [2.45, 2.75) is 78.8 Å². The van der Waals surface area contributed by atoms with E-state index in [1.807, 2.05) is 52.3 Å². The van der Waals surface area contributed by atoms with Crippen LogP contribution in [0.2, 0.25) is 0 Å². The molecule has 2 aliphatic heterocycles. The largest absolute Gasteiger partial charge is 0.348 e. The average Bonchev–Trinajstić information content (AvgIpc) is 3.33. The second-order valence-corrected chi connectivity index (χ2v) is 11.4. The second-order valence-electron chi connectivity index (χ2n) is 11.4. The van der Waals surface area contributed by atoms with Gasteiger partial charge in [0.05, 0.1) is 0 Å². The van der Waals surface area contributed by atoms with Crippen molar-refractivity contribution in [1.82, 2.24) is 10.2 Å². The van der Waals surface area contributed by atoms with E-state index in [1.54, 1.807) is 6.92 Å². The molecule has 39 heavy (non-hydrogen) atoms. The van der Waals surface area contributed by atoms with Crippen molar-refractivity contribution in [1.29, 1.82) is 0 Å². The first-order chi connectivity index (χ1) is 18.8. The Labute approximate surface area is 233 Å². The first-order valence-corrected chi connectivity index (χ1v) is 14.6. The number of nitrogens with zero attached hydrogens (tertiary/aromatic N) is 3. The van der Waals surface area contributed by atoms with Crippen LogP contribution in [0.1, 0.15) is 87.2 Å². The van der Waals surface area contributed by atoms with Crippen molar-refractivity contribution in [3.8, 4) is 0 Å². The molecule has 0 unspecified atom stereocenters. The van der Waals surface area contributed by atoms with Gasteiger partial charge in [0, 0.05) is 63.0 Å². The van der Waals surface area contributed by atoms with Gasteiger partial charge in [-0.05, 0) is 73.2 Å². The number of amides is 3. The van der Waals surface area contributed by atoms with Gasteiger partial charge in [-0.2, -0.15) is 0 Å². The van der Waals surface area contributed by atoms with Gasteiger partial charge in [-0.15, -0.1) is 0 Å². The molecule has 2 aromatic carbocycles. The zero-order valence-corrected chi connectivity index (χ0v) is 23.9. The third kappa shape index (κ3) is 7.91.